The summed E-state index contributed by atoms with van der Waals surface area (Å²) in [6.07, 6.45) is 2.03. The Morgan fingerprint density at radius 1 is 1.65 bits per heavy atom. The number of nitrogen functional groups attached to an aromatic ring is 1. The molecule has 0 aliphatic rings. The van der Waals surface area contributed by atoms with Crippen molar-refractivity contribution in [3.8, 4) is 6.07 Å². The van der Waals surface area contributed by atoms with Crippen LogP contribution in [0.2, 0.25) is 0 Å². The summed E-state index contributed by atoms with van der Waals surface area (Å²) in [5.74, 6) is -0.515. The molecule has 92 valence electrons. The number of carbonyl (C=O) groups excluding carboxylic acids is 1. The fourth-order valence-electron chi connectivity index (χ4n) is 1.33. The van der Waals surface area contributed by atoms with E-state index in [-0.39, 0.29) is 11.3 Å². The predicted octanol–water partition coefficient (Wildman–Crippen LogP) is 2.20. The van der Waals surface area contributed by atoms with Gasteiger partial charge in [0.15, 0.2) is 0 Å². The smallest absolute Gasteiger partial charge is 0.343 e. The van der Waals surface area contributed by atoms with Crippen LogP contribution in [0.4, 0.5) is 10.7 Å². The van der Waals surface area contributed by atoms with Gasteiger partial charge in [0.2, 0.25) is 0 Å². The van der Waals surface area contributed by atoms with Crippen molar-refractivity contribution in [3.63, 3.8) is 0 Å². The summed E-state index contributed by atoms with van der Waals surface area (Å²) in [6, 6.07) is 1.97. The van der Waals surface area contributed by atoms with Crippen molar-refractivity contribution in [2.45, 2.75) is 19.8 Å². The maximum Gasteiger partial charge on any atom is 0.343 e. The SMILES string of the molecule is CCCCNc1sc(C#N)c(N)c1C(=O)OC. The van der Waals surface area contributed by atoms with Gasteiger partial charge in [-0.3, -0.25) is 0 Å². The number of nitriles is 1. The Labute approximate surface area is 104 Å². The van der Waals surface area contributed by atoms with Crippen LogP contribution in [0.5, 0.6) is 0 Å². The minimum Gasteiger partial charge on any atom is -0.465 e. The van der Waals surface area contributed by atoms with Gasteiger partial charge < -0.3 is 15.8 Å². The van der Waals surface area contributed by atoms with E-state index in [0.717, 1.165) is 19.4 Å². The molecule has 1 aromatic heterocycles. The van der Waals surface area contributed by atoms with Gasteiger partial charge in [0.25, 0.3) is 0 Å². The van der Waals surface area contributed by atoms with Gasteiger partial charge in [-0.1, -0.05) is 13.3 Å². The van der Waals surface area contributed by atoms with Crippen LogP contribution in [0, 0.1) is 11.3 Å². The van der Waals surface area contributed by atoms with Crippen LogP contribution in [-0.2, 0) is 4.74 Å². The number of carbonyl (C=O) groups is 1. The number of thiophene rings is 1. The number of hydrogen-bond acceptors (Lipinski definition) is 6. The van der Waals surface area contributed by atoms with Gasteiger partial charge in [-0.25, -0.2) is 4.79 Å². The Kier molecular flexibility index (Phi) is 4.79. The molecular weight excluding hydrogens is 238 g/mol. The molecule has 3 N–H and O–H groups in total. The van der Waals surface area contributed by atoms with Crippen LogP contribution >= 0.6 is 11.3 Å². The molecule has 5 nitrogen and oxygen atoms in total. The average molecular weight is 253 g/mol. The lowest BCUT2D eigenvalue weighted by atomic mass is 10.2. The Bertz CT molecular complexity index is 448. The standard InChI is InChI=1S/C11H15N3O2S/c1-3-4-5-14-10-8(11(15)16-2)9(13)7(6-12)17-10/h14H,3-5,13H2,1-2H3. The van der Waals surface area contributed by atoms with Gasteiger partial charge in [-0.2, -0.15) is 5.26 Å². The van der Waals surface area contributed by atoms with Crippen LogP contribution in [0.1, 0.15) is 35.0 Å². The van der Waals surface area contributed by atoms with E-state index in [4.69, 9.17) is 11.0 Å². The molecule has 0 spiro atoms. The topological polar surface area (TPSA) is 88.1 Å². The highest BCUT2D eigenvalue weighted by Gasteiger charge is 2.22. The van der Waals surface area contributed by atoms with Gasteiger partial charge in [0.05, 0.1) is 12.8 Å². The number of nitrogens with one attached hydrogen (secondary N) is 1. The molecule has 6 heteroatoms. The first-order valence-corrected chi connectivity index (χ1v) is 6.11. The van der Waals surface area contributed by atoms with Crippen molar-refractivity contribution >= 4 is 28.0 Å². The number of ether oxygens (including phenoxy) is 1. The first-order chi connectivity index (χ1) is 8.15. The molecule has 0 aliphatic carbocycles. The fourth-order valence-corrected chi connectivity index (χ4v) is 2.27. The molecule has 0 fully saturated rings. The zero-order valence-corrected chi connectivity index (χ0v) is 10.7. The van der Waals surface area contributed by atoms with Gasteiger partial charge in [-0.05, 0) is 6.42 Å². The van der Waals surface area contributed by atoms with Crippen molar-refractivity contribution in [1.29, 1.82) is 5.26 Å². The monoisotopic (exact) mass is 253 g/mol. The van der Waals surface area contributed by atoms with Crippen LogP contribution < -0.4 is 11.1 Å². The van der Waals surface area contributed by atoms with Crippen molar-refractivity contribution in [3.05, 3.63) is 10.4 Å². The van der Waals surface area contributed by atoms with E-state index in [2.05, 4.69) is 17.0 Å². The zero-order valence-electron chi connectivity index (χ0n) is 9.87. The van der Waals surface area contributed by atoms with E-state index in [1.54, 1.807) is 0 Å². The molecule has 0 saturated carbocycles. The largest absolute Gasteiger partial charge is 0.465 e. The number of hydrogen-bond donors (Lipinski definition) is 2. The first kappa shape index (κ1) is 13.3. The Morgan fingerprint density at radius 2 is 2.35 bits per heavy atom. The molecule has 1 aromatic rings. The summed E-state index contributed by atoms with van der Waals surface area (Å²) in [4.78, 5) is 11.9. The van der Waals surface area contributed by atoms with Gasteiger partial charge in [0, 0.05) is 6.54 Å². The molecule has 1 heterocycles. The molecule has 0 bridgehead atoms. The molecule has 0 amide bonds. The second kappa shape index (κ2) is 6.11. The third-order valence-electron chi connectivity index (χ3n) is 2.25. The minimum atomic E-state index is -0.515. The van der Waals surface area contributed by atoms with Crippen LogP contribution in [-0.4, -0.2) is 19.6 Å². The first-order valence-electron chi connectivity index (χ1n) is 5.30. The number of unbranched alkanes of at least 4 members (excludes halogenated alkanes) is 1. The van der Waals surface area contributed by atoms with E-state index in [0.29, 0.717) is 9.88 Å². The van der Waals surface area contributed by atoms with Crippen molar-refractivity contribution in [2.75, 3.05) is 24.7 Å². The number of anilines is 2. The third kappa shape index (κ3) is 2.88. The highest BCUT2D eigenvalue weighted by atomic mass is 32.1. The molecule has 1 rings (SSSR count). The van der Waals surface area contributed by atoms with Gasteiger partial charge in [-0.15, -0.1) is 11.3 Å². The molecule has 0 atom stereocenters. The summed E-state index contributed by atoms with van der Waals surface area (Å²) < 4.78 is 4.66. The Morgan fingerprint density at radius 3 is 2.88 bits per heavy atom. The minimum absolute atomic E-state index is 0.198. The molecule has 0 saturated heterocycles. The lowest BCUT2D eigenvalue weighted by molar-refractivity contribution is 0.0603. The normalized spacial score (nSPS) is 9.71. The van der Waals surface area contributed by atoms with Crippen molar-refractivity contribution in [2.24, 2.45) is 0 Å². The van der Waals surface area contributed by atoms with E-state index < -0.39 is 5.97 Å². The third-order valence-corrected chi connectivity index (χ3v) is 3.32. The predicted molar refractivity (Wildman–Crippen MR) is 68.2 cm³/mol. The van der Waals surface area contributed by atoms with Crippen molar-refractivity contribution in [1.82, 2.24) is 0 Å². The van der Waals surface area contributed by atoms with Crippen LogP contribution in [0.3, 0.4) is 0 Å². The summed E-state index contributed by atoms with van der Waals surface area (Å²) in [5.41, 5.74) is 6.21. The Balaban J connectivity index is 3.02. The molecule has 0 radical (unpaired) electrons. The summed E-state index contributed by atoms with van der Waals surface area (Å²) in [5, 5.41) is 12.6. The lowest BCUT2D eigenvalue weighted by Gasteiger charge is -2.05. The molecule has 0 unspecified atom stereocenters. The Hall–Kier alpha value is -1.74. The molecule has 0 aliphatic heterocycles. The maximum absolute atomic E-state index is 11.6. The summed E-state index contributed by atoms with van der Waals surface area (Å²) >= 11 is 1.18. The van der Waals surface area contributed by atoms with Crippen molar-refractivity contribution < 1.29 is 9.53 Å². The highest BCUT2D eigenvalue weighted by molar-refractivity contribution is 7.17. The number of nitrogens with two attached hydrogens (primary N) is 1. The van der Waals surface area contributed by atoms with E-state index in [1.165, 1.54) is 18.4 Å². The number of methoxy groups -OCH3 is 1. The maximum atomic E-state index is 11.6. The molecule has 17 heavy (non-hydrogen) atoms. The lowest BCUT2D eigenvalue weighted by Crippen LogP contribution is -2.08. The van der Waals surface area contributed by atoms with Crippen LogP contribution in [0.25, 0.3) is 0 Å². The summed E-state index contributed by atoms with van der Waals surface area (Å²) in [6.45, 7) is 2.82. The zero-order chi connectivity index (χ0) is 12.8. The number of nitrogens with zero attached hydrogens (tertiary/aromatic N) is 1. The average Bonchev–Trinajstić information content (AvgIpc) is 2.65. The number of esters is 1. The second-order valence-corrected chi connectivity index (χ2v) is 4.45. The van der Waals surface area contributed by atoms with E-state index in [1.807, 2.05) is 6.07 Å². The summed E-state index contributed by atoms with van der Waals surface area (Å²) in [7, 11) is 1.29. The molecule has 0 aromatic carbocycles. The number of rotatable bonds is 5. The van der Waals surface area contributed by atoms with Gasteiger partial charge in [0.1, 0.15) is 21.5 Å². The van der Waals surface area contributed by atoms with E-state index in [9.17, 15) is 4.79 Å². The van der Waals surface area contributed by atoms with Crippen LogP contribution in [0.15, 0.2) is 0 Å². The second-order valence-electron chi connectivity index (χ2n) is 3.43. The van der Waals surface area contributed by atoms with E-state index >= 15 is 0 Å². The van der Waals surface area contributed by atoms with Gasteiger partial charge >= 0.3 is 5.97 Å². The highest BCUT2D eigenvalue weighted by Crippen LogP contribution is 2.35. The fraction of sp³-hybridized carbons (Fsp3) is 0.455. The molecular formula is C11H15N3O2S. The quantitative estimate of drug-likeness (QED) is 0.620.